The Kier molecular flexibility index (Phi) is 6.31. The topological polar surface area (TPSA) is 27.3 Å². The van der Waals surface area contributed by atoms with E-state index in [1.54, 1.807) is 0 Å². The van der Waals surface area contributed by atoms with Crippen LogP contribution in [-0.4, -0.2) is 0 Å². The minimum absolute atomic E-state index is 0.0161. The fourth-order valence-electron chi connectivity index (χ4n) is 7.96. The number of fused-ring (bicyclic) bond motifs is 7. The van der Waals surface area contributed by atoms with Gasteiger partial charge in [0.25, 0.3) is 0 Å². The maximum Gasteiger partial charge on any atom is 0.130 e. The van der Waals surface area contributed by atoms with Crippen molar-refractivity contribution in [2.75, 3.05) is 15.5 Å². The highest BCUT2D eigenvalue weighted by atomic mass is 15.3. The summed E-state index contributed by atoms with van der Waals surface area (Å²) in [5, 5.41) is 10.2. The molecule has 10 rings (SSSR count). The Labute approximate surface area is 286 Å². The first-order chi connectivity index (χ1) is 24.3. The van der Waals surface area contributed by atoms with Crippen LogP contribution in [0.1, 0.15) is 40.0 Å². The van der Waals surface area contributed by atoms with Crippen molar-refractivity contribution in [2.24, 2.45) is 0 Å². The van der Waals surface area contributed by atoms with Crippen molar-refractivity contribution in [1.29, 1.82) is 0 Å². The summed E-state index contributed by atoms with van der Waals surface area (Å²) >= 11 is 0. The number of benzene rings is 7. The van der Waals surface area contributed by atoms with Gasteiger partial charge in [-0.05, 0) is 74.2 Å². The van der Waals surface area contributed by atoms with Crippen LogP contribution in [0.15, 0.2) is 175 Å². The Balaban J connectivity index is 1.01. The van der Waals surface area contributed by atoms with Crippen LogP contribution in [0.25, 0.3) is 33.5 Å². The van der Waals surface area contributed by atoms with Crippen molar-refractivity contribution >= 4 is 45.2 Å². The highest BCUT2D eigenvalue weighted by Gasteiger charge is 2.32. The highest BCUT2D eigenvalue weighted by molar-refractivity contribution is 6.05. The minimum atomic E-state index is 0.0161. The van der Waals surface area contributed by atoms with Crippen molar-refractivity contribution in [3.8, 4) is 11.1 Å². The first kappa shape index (κ1) is 27.8. The fraction of sp³-hybridized carbons (Fsp3) is 0.0435. The second-order valence-corrected chi connectivity index (χ2v) is 13.0. The molecular formula is C46H33N3. The number of nitrogens with one attached hydrogen (secondary N) is 2. The van der Waals surface area contributed by atoms with Crippen LogP contribution in [0.5, 0.6) is 0 Å². The number of hydrogen-bond donors (Lipinski definition) is 2. The Morgan fingerprint density at radius 3 is 2.06 bits per heavy atom. The highest BCUT2D eigenvalue weighted by Crippen LogP contribution is 2.49. The van der Waals surface area contributed by atoms with Gasteiger partial charge in [0.05, 0.1) is 23.1 Å². The SMILES string of the molecule is C1=Cc2ccccc2C2Nc3c(ccc4ccccc34)C(c3ccc(-c4ccc(C5Nc6ccccc6N5c5ccccc5)cc4)cc3)=C12. The van der Waals surface area contributed by atoms with Crippen molar-refractivity contribution < 1.29 is 0 Å². The summed E-state index contributed by atoms with van der Waals surface area (Å²) in [6, 6.07) is 59.4. The van der Waals surface area contributed by atoms with Gasteiger partial charge in [-0.2, -0.15) is 0 Å². The molecule has 0 saturated heterocycles. The zero-order chi connectivity index (χ0) is 32.3. The lowest BCUT2D eigenvalue weighted by Crippen LogP contribution is -2.23. The molecule has 2 heterocycles. The van der Waals surface area contributed by atoms with Gasteiger partial charge >= 0.3 is 0 Å². The van der Waals surface area contributed by atoms with Gasteiger partial charge < -0.3 is 15.5 Å². The Hall–Kier alpha value is -6.32. The summed E-state index contributed by atoms with van der Waals surface area (Å²) in [5.74, 6) is 0. The minimum Gasteiger partial charge on any atom is -0.373 e. The van der Waals surface area contributed by atoms with Gasteiger partial charge in [-0.1, -0.05) is 152 Å². The third-order valence-electron chi connectivity index (χ3n) is 10.3. The van der Waals surface area contributed by atoms with E-state index in [9.17, 15) is 0 Å². The maximum absolute atomic E-state index is 3.97. The van der Waals surface area contributed by atoms with Gasteiger partial charge in [0.1, 0.15) is 6.17 Å². The number of hydrogen-bond acceptors (Lipinski definition) is 3. The van der Waals surface area contributed by atoms with Crippen LogP contribution in [0, 0.1) is 0 Å². The number of rotatable bonds is 4. The Morgan fingerprint density at radius 1 is 0.510 bits per heavy atom. The molecule has 2 aliphatic heterocycles. The van der Waals surface area contributed by atoms with E-state index in [4.69, 9.17) is 0 Å². The molecule has 0 amide bonds. The second kappa shape index (κ2) is 11.1. The van der Waals surface area contributed by atoms with E-state index in [1.807, 2.05) is 0 Å². The first-order valence-corrected chi connectivity index (χ1v) is 17.0. The van der Waals surface area contributed by atoms with Crippen LogP contribution >= 0.6 is 0 Å². The molecule has 2 N–H and O–H groups in total. The molecule has 0 fully saturated rings. The van der Waals surface area contributed by atoms with E-state index in [0.717, 1.165) is 5.69 Å². The Bertz CT molecular complexity index is 2440. The molecule has 3 aliphatic rings. The molecular weight excluding hydrogens is 595 g/mol. The van der Waals surface area contributed by atoms with Gasteiger partial charge in [-0.15, -0.1) is 0 Å². The monoisotopic (exact) mass is 627 g/mol. The molecule has 7 aromatic rings. The second-order valence-electron chi connectivity index (χ2n) is 13.0. The molecule has 2 unspecified atom stereocenters. The predicted octanol–water partition coefficient (Wildman–Crippen LogP) is 11.8. The molecule has 3 nitrogen and oxygen atoms in total. The van der Waals surface area contributed by atoms with Crippen molar-refractivity contribution in [3.05, 3.63) is 203 Å². The third-order valence-corrected chi connectivity index (χ3v) is 10.3. The summed E-state index contributed by atoms with van der Waals surface area (Å²) in [4.78, 5) is 2.39. The quantitative estimate of drug-likeness (QED) is 0.203. The van der Waals surface area contributed by atoms with E-state index in [2.05, 4.69) is 191 Å². The van der Waals surface area contributed by atoms with Crippen LogP contribution in [0.2, 0.25) is 0 Å². The standard InChI is InChI=1S/C46H33N3/c1-2-12-36(13-3-1)49-42-17-9-8-16-41(42)47-46(49)35-24-20-31(21-25-35)30-18-22-34(23-19-30)43-39-28-26-32-10-4-6-14-37(32)44(39)48-45-38-15-7-5-11-33(38)27-29-40(43)45/h1-29,44,46-48H. The molecule has 232 valence electrons. The largest absolute Gasteiger partial charge is 0.373 e. The average Bonchev–Trinajstić information content (AvgIpc) is 3.57. The summed E-state index contributed by atoms with van der Waals surface area (Å²) in [5.41, 5.74) is 16.0. The van der Waals surface area contributed by atoms with Crippen LogP contribution in [-0.2, 0) is 0 Å². The zero-order valence-electron chi connectivity index (χ0n) is 26.8. The summed E-state index contributed by atoms with van der Waals surface area (Å²) in [7, 11) is 0. The van der Waals surface area contributed by atoms with E-state index in [0.29, 0.717) is 0 Å². The fourth-order valence-corrected chi connectivity index (χ4v) is 7.96. The number of anilines is 4. The Morgan fingerprint density at radius 2 is 1.20 bits per heavy atom. The average molecular weight is 628 g/mol. The molecule has 0 aromatic heterocycles. The number of para-hydroxylation sites is 3. The molecule has 3 heteroatoms. The molecule has 0 bridgehead atoms. The predicted molar refractivity (Wildman–Crippen MR) is 205 cm³/mol. The molecule has 7 aromatic carbocycles. The van der Waals surface area contributed by atoms with Crippen LogP contribution in [0.4, 0.5) is 22.7 Å². The zero-order valence-corrected chi connectivity index (χ0v) is 26.8. The summed E-state index contributed by atoms with van der Waals surface area (Å²) in [6.45, 7) is 0. The third kappa shape index (κ3) is 4.51. The smallest absolute Gasteiger partial charge is 0.130 e. The molecule has 2 atom stereocenters. The lowest BCUT2D eigenvalue weighted by molar-refractivity contribution is 0.828. The molecule has 0 saturated carbocycles. The lowest BCUT2D eigenvalue weighted by Gasteiger charge is -2.35. The van der Waals surface area contributed by atoms with Gasteiger partial charge in [0.15, 0.2) is 0 Å². The molecule has 1 aliphatic carbocycles. The summed E-state index contributed by atoms with van der Waals surface area (Å²) < 4.78 is 0. The van der Waals surface area contributed by atoms with Gasteiger partial charge in [-0.3, -0.25) is 0 Å². The molecule has 0 radical (unpaired) electrons. The van der Waals surface area contributed by atoms with E-state index in [-0.39, 0.29) is 12.2 Å². The summed E-state index contributed by atoms with van der Waals surface area (Å²) in [6.07, 6.45) is 4.60. The number of nitrogens with zero attached hydrogens (tertiary/aromatic N) is 1. The van der Waals surface area contributed by atoms with Gasteiger partial charge in [0, 0.05) is 16.6 Å². The van der Waals surface area contributed by atoms with Crippen LogP contribution < -0.4 is 15.5 Å². The van der Waals surface area contributed by atoms with E-state index < -0.39 is 0 Å². The normalized spacial score (nSPS) is 17.1. The molecule has 49 heavy (non-hydrogen) atoms. The maximum atomic E-state index is 3.97. The lowest BCUT2D eigenvalue weighted by atomic mass is 9.78. The van der Waals surface area contributed by atoms with Gasteiger partial charge in [0.2, 0.25) is 0 Å². The molecule has 0 spiro atoms. The van der Waals surface area contributed by atoms with Crippen molar-refractivity contribution in [2.45, 2.75) is 12.2 Å². The van der Waals surface area contributed by atoms with Crippen molar-refractivity contribution in [1.82, 2.24) is 0 Å². The van der Waals surface area contributed by atoms with Gasteiger partial charge in [-0.25, -0.2) is 0 Å². The van der Waals surface area contributed by atoms with Crippen LogP contribution in [0.3, 0.4) is 0 Å². The van der Waals surface area contributed by atoms with Crippen molar-refractivity contribution in [3.63, 3.8) is 0 Å². The first-order valence-electron chi connectivity index (χ1n) is 17.0. The van der Waals surface area contributed by atoms with E-state index >= 15 is 0 Å². The van der Waals surface area contributed by atoms with E-state index in [1.165, 1.54) is 77.9 Å².